The number of hydrogen-bond acceptors (Lipinski definition) is 7. The molecule has 2 amide bonds. The molecule has 35 heavy (non-hydrogen) atoms. The summed E-state index contributed by atoms with van der Waals surface area (Å²) in [6.45, 7) is 7.47. The number of nitrogens with two attached hydrogens (primary N) is 1. The Bertz CT molecular complexity index is 818. The fourth-order valence-electron chi connectivity index (χ4n) is 4.27. The zero-order valence-electron chi connectivity index (χ0n) is 21.4. The van der Waals surface area contributed by atoms with Crippen molar-refractivity contribution in [1.29, 1.82) is 0 Å². The van der Waals surface area contributed by atoms with Crippen molar-refractivity contribution in [3.05, 3.63) is 23.9 Å². The second-order valence-electron chi connectivity index (χ2n) is 10.3. The van der Waals surface area contributed by atoms with Crippen molar-refractivity contribution < 1.29 is 23.9 Å². The molecule has 1 fully saturated rings. The Labute approximate surface area is 208 Å². The number of nitrogens with zero attached hydrogens (tertiary/aromatic N) is 1. The van der Waals surface area contributed by atoms with Crippen LogP contribution in [-0.2, 0) is 30.3 Å². The average molecular weight is 491 g/mol. The summed E-state index contributed by atoms with van der Waals surface area (Å²) in [4.78, 5) is 40.6. The first-order valence-electron chi connectivity index (χ1n) is 12.6. The van der Waals surface area contributed by atoms with Crippen LogP contribution in [0.15, 0.2) is 18.2 Å². The van der Waals surface area contributed by atoms with Crippen LogP contribution < -0.4 is 16.4 Å². The number of pyridine rings is 1. The first-order valence-corrected chi connectivity index (χ1v) is 12.6. The summed E-state index contributed by atoms with van der Waals surface area (Å²) >= 11 is 0. The standard InChI is InChI=1S/C26H42N4O5/c1-25(2,3)21(19-31)30-23(32)10-14-34-16-17-35-15-13-28-24(33)26(11-5-4-6-12-26)18-20-8-7-9-22(27)29-20/h7-9,19,21H,4-6,10-18H2,1-3H3,(H2,27,29)(H,28,33)(H,30,32). The average Bonchev–Trinajstić information content (AvgIpc) is 2.81. The third-order valence-corrected chi connectivity index (χ3v) is 6.40. The third kappa shape index (κ3) is 9.93. The van der Waals surface area contributed by atoms with Crippen molar-refractivity contribution in [1.82, 2.24) is 15.6 Å². The molecule has 9 heteroatoms. The SMILES string of the molecule is CC(C)(C)C(C=O)NC(=O)CCOCCOCCNC(=O)C1(Cc2cccc(N)n2)CCCCC1. The Morgan fingerprint density at radius 3 is 2.43 bits per heavy atom. The van der Waals surface area contributed by atoms with Gasteiger partial charge in [-0.15, -0.1) is 0 Å². The second kappa shape index (κ2) is 14.1. The monoisotopic (exact) mass is 490 g/mol. The molecule has 1 aliphatic rings. The summed E-state index contributed by atoms with van der Waals surface area (Å²) in [5, 5.41) is 5.75. The lowest BCUT2D eigenvalue weighted by Crippen LogP contribution is -2.45. The fourth-order valence-corrected chi connectivity index (χ4v) is 4.27. The molecule has 0 radical (unpaired) electrons. The van der Waals surface area contributed by atoms with Gasteiger partial charge in [-0.2, -0.15) is 0 Å². The van der Waals surface area contributed by atoms with E-state index >= 15 is 0 Å². The van der Waals surface area contributed by atoms with Crippen LogP contribution in [0.3, 0.4) is 0 Å². The van der Waals surface area contributed by atoms with E-state index in [1.54, 1.807) is 6.07 Å². The van der Waals surface area contributed by atoms with Crippen LogP contribution in [0.2, 0.25) is 0 Å². The van der Waals surface area contributed by atoms with E-state index in [-0.39, 0.29) is 30.3 Å². The molecule has 0 aliphatic heterocycles. The summed E-state index contributed by atoms with van der Waals surface area (Å²) in [7, 11) is 0. The van der Waals surface area contributed by atoms with Gasteiger partial charge in [0.1, 0.15) is 12.1 Å². The van der Waals surface area contributed by atoms with Gasteiger partial charge < -0.3 is 30.6 Å². The highest BCUT2D eigenvalue weighted by Crippen LogP contribution is 2.39. The Morgan fingerprint density at radius 1 is 1.11 bits per heavy atom. The summed E-state index contributed by atoms with van der Waals surface area (Å²) < 4.78 is 11.0. The lowest BCUT2D eigenvalue weighted by Gasteiger charge is -2.35. The Balaban J connectivity index is 1.62. The van der Waals surface area contributed by atoms with Crippen LogP contribution in [-0.4, -0.2) is 62.1 Å². The zero-order chi connectivity index (χ0) is 25.7. The van der Waals surface area contributed by atoms with E-state index in [1.165, 1.54) is 0 Å². The molecule has 1 saturated carbocycles. The number of aldehydes is 1. The highest BCUT2D eigenvalue weighted by molar-refractivity contribution is 5.83. The Kier molecular flexibility index (Phi) is 11.6. The summed E-state index contributed by atoms with van der Waals surface area (Å²) in [5.41, 5.74) is 5.90. The topological polar surface area (TPSA) is 133 Å². The minimum absolute atomic E-state index is 0.0520. The van der Waals surface area contributed by atoms with Gasteiger partial charge in [0.25, 0.3) is 0 Å². The van der Waals surface area contributed by atoms with Gasteiger partial charge in [-0.1, -0.05) is 46.1 Å². The van der Waals surface area contributed by atoms with E-state index < -0.39 is 11.5 Å². The maximum Gasteiger partial charge on any atom is 0.226 e. The first kappa shape index (κ1) is 28.7. The Morgan fingerprint density at radius 2 is 1.80 bits per heavy atom. The van der Waals surface area contributed by atoms with Crippen molar-refractivity contribution in [3.8, 4) is 0 Å². The normalized spacial score (nSPS) is 16.3. The number of rotatable bonds is 14. The summed E-state index contributed by atoms with van der Waals surface area (Å²) in [6.07, 6.45) is 6.45. The largest absolute Gasteiger partial charge is 0.384 e. The molecule has 0 saturated heterocycles. The molecule has 1 heterocycles. The van der Waals surface area contributed by atoms with E-state index in [0.717, 1.165) is 44.1 Å². The highest BCUT2D eigenvalue weighted by atomic mass is 16.5. The van der Waals surface area contributed by atoms with Crippen molar-refractivity contribution in [2.75, 3.05) is 38.7 Å². The van der Waals surface area contributed by atoms with Crippen LogP contribution in [0.4, 0.5) is 5.82 Å². The second-order valence-corrected chi connectivity index (χ2v) is 10.3. The van der Waals surface area contributed by atoms with Gasteiger partial charge in [-0.05, 0) is 30.4 Å². The fraction of sp³-hybridized carbons (Fsp3) is 0.692. The molecule has 2 rings (SSSR count). The molecule has 0 aromatic carbocycles. The minimum Gasteiger partial charge on any atom is -0.384 e. The zero-order valence-corrected chi connectivity index (χ0v) is 21.4. The number of carbonyl (C=O) groups is 3. The minimum atomic E-state index is -0.525. The van der Waals surface area contributed by atoms with Crippen LogP contribution in [0, 0.1) is 10.8 Å². The van der Waals surface area contributed by atoms with Crippen molar-refractivity contribution in [2.24, 2.45) is 10.8 Å². The van der Waals surface area contributed by atoms with E-state index in [0.29, 0.717) is 38.6 Å². The smallest absolute Gasteiger partial charge is 0.226 e. The molecule has 1 atom stereocenters. The van der Waals surface area contributed by atoms with Crippen LogP contribution in [0.1, 0.15) is 65.0 Å². The third-order valence-electron chi connectivity index (χ3n) is 6.40. The van der Waals surface area contributed by atoms with E-state index in [4.69, 9.17) is 15.2 Å². The van der Waals surface area contributed by atoms with E-state index in [9.17, 15) is 14.4 Å². The van der Waals surface area contributed by atoms with Crippen molar-refractivity contribution >= 4 is 23.9 Å². The van der Waals surface area contributed by atoms with Crippen molar-refractivity contribution in [2.45, 2.75) is 71.8 Å². The van der Waals surface area contributed by atoms with Crippen LogP contribution in [0.5, 0.6) is 0 Å². The van der Waals surface area contributed by atoms with E-state index in [1.807, 2.05) is 32.9 Å². The molecule has 1 unspecified atom stereocenters. The lowest BCUT2D eigenvalue weighted by atomic mass is 9.70. The maximum absolute atomic E-state index is 13.1. The van der Waals surface area contributed by atoms with E-state index in [2.05, 4.69) is 15.6 Å². The molecular formula is C26H42N4O5. The maximum atomic E-state index is 13.1. The van der Waals surface area contributed by atoms with Gasteiger partial charge in [-0.25, -0.2) is 4.98 Å². The van der Waals surface area contributed by atoms with Gasteiger partial charge in [0.2, 0.25) is 11.8 Å². The number of nitrogens with one attached hydrogen (secondary N) is 2. The van der Waals surface area contributed by atoms with Gasteiger partial charge in [0, 0.05) is 25.1 Å². The van der Waals surface area contributed by atoms with Gasteiger partial charge in [0.05, 0.1) is 37.9 Å². The Hall–Kier alpha value is -2.52. The molecule has 0 spiro atoms. The number of amides is 2. The van der Waals surface area contributed by atoms with Gasteiger partial charge >= 0.3 is 0 Å². The molecule has 4 N–H and O–H groups in total. The van der Waals surface area contributed by atoms with Crippen LogP contribution >= 0.6 is 0 Å². The molecule has 1 aromatic heterocycles. The van der Waals surface area contributed by atoms with Gasteiger partial charge in [-0.3, -0.25) is 9.59 Å². The van der Waals surface area contributed by atoms with Gasteiger partial charge in [0.15, 0.2) is 0 Å². The molecule has 0 bridgehead atoms. The highest BCUT2D eigenvalue weighted by Gasteiger charge is 2.39. The molecular weight excluding hydrogens is 448 g/mol. The number of ether oxygens (including phenoxy) is 2. The van der Waals surface area contributed by atoms with Crippen molar-refractivity contribution in [3.63, 3.8) is 0 Å². The lowest BCUT2D eigenvalue weighted by molar-refractivity contribution is -0.133. The number of aromatic nitrogens is 1. The molecule has 1 aromatic rings. The summed E-state index contributed by atoms with van der Waals surface area (Å²) in [6, 6.07) is 5.03. The predicted octanol–water partition coefficient (Wildman–Crippen LogP) is 2.43. The summed E-state index contributed by atoms with van der Waals surface area (Å²) in [5.74, 6) is 0.307. The number of anilines is 1. The molecule has 196 valence electrons. The number of carbonyl (C=O) groups excluding carboxylic acids is 3. The molecule has 9 nitrogen and oxygen atoms in total. The molecule has 1 aliphatic carbocycles. The first-order chi connectivity index (χ1) is 16.7. The number of hydrogen-bond donors (Lipinski definition) is 3. The quantitative estimate of drug-likeness (QED) is 0.269. The number of nitrogen functional groups attached to an aromatic ring is 1. The van der Waals surface area contributed by atoms with Crippen LogP contribution in [0.25, 0.3) is 0 Å². The predicted molar refractivity (Wildman–Crippen MR) is 135 cm³/mol.